The highest BCUT2D eigenvalue weighted by molar-refractivity contribution is 5.78. The average Bonchev–Trinajstić information content (AvgIpc) is 2.45. The molecule has 0 unspecified atom stereocenters. The zero-order valence-electron chi connectivity index (χ0n) is 12.0. The van der Waals surface area contributed by atoms with Crippen LogP contribution in [0.5, 0.6) is 5.75 Å². The minimum atomic E-state index is -4.75. The normalized spacial score (nSPS) is 22.2. The van der Waals surface area contributed by atoms with Gasteiger partial charge in [0.05, 0.1) is 0 Å². The highest BCUT2D eigenvalue weighted by Crippen LogP contribution is 2.27. The maximum absolute atomic E-state index is 12.3. The lowest BCUT2D eigenvalue weighted by Crippen LogP contribution is -2.36. The number of alkyl halides is 3. The van der Waals surface area contributed by atoms with E-state index in [0.717, 1.165) is 12.8 Å². The summed E-state index contributed by atoms with van der Waals surface area (Å²) in [6, 6.07) is 5.93. The molecule has 0 aromatic heterocycles. The minimum Gasteiger partial charge on any atom is -0.405 e. The zero-order chi connectivity index (χ0) is 16.2. The van der Waals surface area contributed by atoms with Gasteiger partial charge in [0.1, 0.15) is 5.75 Å². The number of nitrogens with two attached hydrogens (primary N) is 1. The molecule has 0 radical (unpaired) electrons. The predicted molar refractivity (Wildman–Crippen MR) is 74.9 cm³/mol. The van der Waals surface area contributed by atoms with E-state index in [1.165, 1.54) is 18.2 Å². The van der Waals surface area contributed by atoms with Crippen molar-refractivity contribution in [2.45, 2.75) is 44.6 Å². The van der Waals surface area contributed by atoms with Crippen LogP contribution in [0.3, 0.4) is 0 Å². The van der Waals surface area contributed by atoms with Gasteiger partial charge >= 0.3 is 6.36 Å². The van der Waals surface area contributed by atoms with Crippen LogP contribution in [0, 0.1) is 5.92 Å². The summed E-state index contributed by atoms with van der Waals surface area (Å²) in [6.45, 7) is 0.00758. The van der Waals surface area contributed by atoms with Gasteiger partial charge in [0.25, 0.3) is 0 Å². The van der Waals surface area contributed by atoms with E-state index in [-0.39, 0.29) is 30.2 Å². The Balaban J connectivity index is 1.92. The van der Waals surface area contributed by atoms with Gasteiger partial charge in [0.15, 0.2) is 0 Å². The van der Waals surface area contributed by atoms with Gasteiger partial charge in [-0.05, 0) is 31.7 Å². The van der Waals surface area contributed by atoms with Gasteiger partial charge in [-0.2, -0.15) is 0 Å². The van der Waals surface area contributed by atoms with Crippen molar-refractivity contribution in [1.29, 1.82) is 0 Å². The highest BCUT2D eigenvalue weighted by atomic mass is 19.4. The molecule has 4 nitrogen and oxygen atoms in total. The lowest BCUT2D eigenvalue weighted by molar-refractivity contribution is -0.274. The summed E-state index contributed by atoms with van der Waals surface area (Å²) in [6.07, 6.45) is -1.72. The van der Waals surface area contributed by atoms with E-state index >= 15 is 0 Å². The quantitative estimate of drug-likeness (QED) is 0.898. The molecule has 1 saturated carbocycles. The number of rotatable bonds is 4. The maximum atomic E-state index is 12.3. The van der Waals surface area contributed by atoms with E-state index in [4.69, 9.17) is 5.73 Å². The second-order valence-corrected chi connectivity index (χ2v) is 5.49. The second-order valence-electron chi connectivity index (χ2n) is 5.49. The molecule has 1 aromatic carbocycles. The Morgan fingerprint density at radius 2 is 1.86 bits per heavy atom. The van der Waals surface area contributed by atoms with Crippen molar-refractivity contribution < 1.29 is 22.7 Å². The van der Waals surface area contributed by atoms with Gasteiger partial charge in [-0.1, -0.05) is 18.2 Å². The molecule has 1 aromatic rings. The second kappa shape index (κ2) is 7.00. The molecule has 1 amide bonds. The topological polar surface area (TPSA) is 64.4 Å². The molecule has 3 N–H and O–H groups in total. The smallest absolute Gasteiger partial charge is 0.405 e. The molecule has 2 rings (SSSR count). The van der Waals surface area contributed by atoms with Crippen molar-refractivity contribution in [3.05, 3.63) is 29.8 Å². The summed E-state index contributed by atoms with van der Waals surface area (Å²) in [4.78, 5) is 12.1. The Hall–Kier alpha value is -1.76. The first-order chi connectivity index (χ1) is 10.3. The molecule has 22 heavy (non-hydrogen) atoms. The Labute approximate surface area is 126 Å². The van der Waals surface area contributed by atoms with Gasteiger partial charge in [-0.15, -0.1) is 13.2 Å². The summed E-state index contributed by atoms with van der Waals surface area (Å²) in [5.74, 6) is -0.551. The fourth-order valence-corrected chi connectivity index (χ4v) is 2.58. The van der Waals surface area contributed by atoms with Gasteiger partial charge in [0, 0.05) is 24.1 Å². The molecule has 0 atom stereocenters. The van der Waals surface area contributed by atoms with Crippen molar-refractivity contribution >= 4 is 5.91 Å². The number of halogens is 3. The molecule has 0 aliphatic heterocycles. The molecule has 122 valence electrons. The lowest BCUT2D eigenvalue weighted by Gasteiger charge is -2.25. The van der Waals surface area contributed by atoms with Crippen molar-refractivity contribution in [1.82, 2.24) is 5.32 Å². The van der Waals surface area contributed by atoms with Crippen LogP contribution in [0.4, 0.5) is 13.2 Å². The van der Waals surface area contributed by atoms with Gasteiger partial charge < -0.3 is 15.8 Å². The molecular formula is C15H19F3N2O2. The van der Waals surface area contributed by atoms with E-state index in [2.05, 4.69) is 10.1 Å². The fourth-order valence-electron chi connectivity index (χ4n) is 2.58. The number of ether oxygens (including phenoxy) is 1. The first-order valence-corrected chi connectivity index (χ1v) is 7.22. The van der Waals surface area contributed by atoms with E-state index in [0.29, 0.717) is 18.4 Å². The van der Waals surface area contributed by atoms with E-state index in [9.17, 15) is 18.0 Å². The Morgan fingerprint density at radius 1 is 1.23 bits per heavy atom. The monoisotopic (exact) mass is 316 g/mol. The largest absolute Gasteiger partial charge is 0.573 e. The summed E-state index contributed by atoms with van der Waals surface area (Å²) in [7, 11) is 0. The maximum Gasteiger partial charge on any atom is 0.573 e. The standard InChI is InChI=1S/C15H19F3N2O2/c16-15(17,18)22-13-4-2-1-3-11(13)9-20-14(21)10-5-7-12(19)8-6-10/h1-4,10,12H,5-9,19H2,(H,20,21). The minimum absolute atomic E-state index is 0.00758. The van der Waals surface area contributed by atoms with Crippen molar-refractivity contribution in [2.75, 3.05) is 0 Å². The van der Waals surface area contributed by atoms with Crippen molar-refractivity contribution in [3.8, 4) is 5.75 Å². The molecule has 0 heterocycles. The first-order valence-electron chi connectivity index (χ1n) is 7.22. The van der Waals surface area contributed by atoms with Crippen molar-refractivity contribution in [3.63, 3.8) is 0 Å². The molecule has 1 fully saturated rings. The molecule has 0 saturated heterocycles. The lowest BCUT2D eigenvalue weighted by atomic mass is 9.86. The van der Waals surface area contributed by atoms with Crippen LogP contribution in [-0.4, -0.2) is 18.3 Å². The molecule has 0 spiro atoms. The van der Waals surface area contributed by atoms with Gasteiger partial charge in [0.2, 0.25) is 5.91 Å². The van der Waals surface area contributed by atoms with Crippen LogP contribution in [0.15, 0.2) is 24.3 Å². The van der Waals surface area contributed by atoms with Gasteiger partial charge in [-0.3, -0.25) is 4.79 Å². The molecule has 0 bridgehead atoms. The SMILES string of the molecule is NC1CCC(C(=O)NCc2ccccc2OC(F)(F)F)CC1. The zero-order valence-corrected chi connectivity index (χ0v) is 12.0. The Bertz CT molecular complexity index is 512. The van der Waals surface area contributed by atoms with E-state index in [1.807, 2.05) is 0 Å². The number of para-hydroxylation sites is 1. The number of amides is 1. The van der Waals surface area contributed by atoms with E-state index in [1.54, 1.807) is 6.07 Å². The average molecular weight is 316 g/mol. The summed E-state index contributed by atoms with van der Waals surface area (Å²) < 4.78 is 40.9. The number of benzene rings is 1. The third-order valence-corrected chi connectivity index (χ3v) is 3.79. The Kier molecular flexibility index (Phi) is 5.28. The number of hydrogen-bond acceptors (Lipinski definition) is 3. The molecule has 1 aliphatic carbocycles. The first kappa shape index (κ1) is 16.6. The number of carbonyl (C=O) groups is 1. The molecule has 7 heteroatoms. The fraction of sp³-hybridized carbons (Fsp3) is 0.533. The predicted octanol–water partition coefficient (Wildman–Crippen LogP) is 2.72. The molecular weight excluding hydrogens is 297 g/mol. The summed E-state index contributed by atoms with van der Waals surface area (Å²) in [5, 5.41) is 2.68. The third-order valence-electron chi connectivity index (χ3n) is 3.79. The van der Waals surface area contributed by atoms with Crippen LogP contribution in [0.2, 0.25) is 0 Å². The number of carbonyl (C=O) groups excluding carboxylic acids is 1. The van der Waals surface area contributed by atoms with Crippen molar-refractivity contribution in [2.24, 2.45) is 11.7 Å². The Morgan fingerprint density at radius 3 is 2.50 bits per heavy atom. The number of nitrogens with one attached hydrogen (secondary N) is 1. The van der Waals surface area contributed by atoms with Crippen LogP contribution in [0.25, 0.3) is 0 Å². The van der Waals surface area contributed by atoms with Crippen LogP contribution in [0.1, 0.15) is 31.2 Å². The van der Waals surface area contributed by atoms with Crippen LogP contribution >= 0.6 is 0 Å². The summed E-state index contributed by atoms with van der Waals surface area (Å²) >= 11 is 0. The van der Waals surface area contributed by atoms with Crippen LogP contribution in [-0.2, 0) is 11.3 Å². The van der Waals surface area contributed by atoms with Crippen LogP contribution < -0.4 is 15.8 Å². The third kappa shape index (κ3) is 4.91. The summed E-state index contributed by atoms with van der Waals surface area (Å²) in [5.41, 5.74) is 6.08. The highest BCUT2D eigenvalue weighted by Gasteiger charge is 2.32. The van der Waals surface area contributed by atoms with Gasteiger partial charge in [-0.25, -0.2) is 0 Å². The van der Waals surface area contributed by atoms with E-state index < -0.39 is 6.36 Å². The molecule has 1 aliphatic rings. The number of hydrogen-bond donors (Lipinski definition) is 2.